The van der Waals surface area contributed by atoms with Gasteiger partial charge in [-0.3, -0.25) is 14.6 Å². The standard InChI is InChI=1S/C12H18N6O4S/c1-4-22-9(20)6-23-11-15-16(3)12(18(11)13)17-8(19)5-7(2)14-10(17)21/h5,12H,4,6,13H2,1-3H3,(H,14,21). The van der Waals surface area contributed by atoms with Gasteiger partial charge in [0.2, 0.25) is 11.5 Å². The van der Waals surface area contributed by atoms with Gasteiger partial charge in [-0.1, -0.05) is 11.8 Å². The Morgan fingerprint density at radius 1 is 1.52 bits per heavy atom. The van der Waals surface area contributed by atoms with E-state index in [9.17, 15) is 14.4 Å². The average molecular weight is 342 g/mol. The second-order valence-electron chi connectivity index (χ2n) is 4.77. The summed E-state index contributed by atoms with van der Waals surface area (Å²) in [7, 11) is 1.58. The number of nitrogens with one attached hydrogen (secondary N) is 1. The lowest BCUT2D eigenvalue weighted by Crippen LogP contribution is -2.50. The van der Waals surface area contributed by atoms with E-state index in [1.807, 2.05) is 0 Å². The number of rotatable bonds is 4. The van der Waals surface area contributed by atoms with Crippen molar-refractivity contribution in [2.75, 3.05) is 19.4 Å². The number of aromatic amines is 1. The highest BCUT2D eigenvalue weighted by Gasteiger charge is 2.34. The highest BCUT2D eigenvalue weighted by atomic mass is 32.2. The number of amidine groups is 1. The SMILES string of the molecule is CCOC(=O)CSC1=NN(C)C(n2c(=O)cc(C)[nH]c2=O)N1N. The molecule has 3 N–H and O–H groups in total. The van der Waals surface area contributed by atoms with Gasteiger partial charge in [0.05, 0.1) is 12.4 Å². The lowest BCUT2D eigenvalue weighted by atomic mass is 10.4. The molecule has 0 aromatic carbocycles. The summed E-state index contributed by atoms with van der Waals surface area (Å²) in [4.78, 5) is 38.1. The van der Waals surface area contributed by atoms with Gasteiger partial charge in [-0.05, 0) is 13.8 Å². The summed E-state index contributed by atoms with van der Waals surface area (Å²) >= 11 is 1.06. The predicted molar refractivity (Wildman–Crippen MR) is 85.4 cm³/mol. The molecule has 0 fully saturated rings. The van der Waals surface area contributed by atoms with Crippen LogP contribution in [0.5, 0.6) is 0 Å². The van der Waals surface area contributed by atoms with Gasteiger partial charge in [0, 0.05) is 18.8 Å². The van der Waals surface area contributed by atoms with Crippen LogP contribution in [0.25, 0.3) is 0 Å². The molecule has 0 aliphatic carbocycles. The number of hydrogen-bond acceptors (Lipinski definition) is 9. The predicted octanol–water partition coefficient (Wildman–Crippen LogP) is -1.01. The van der Waals surface area contributed by atoms with Crippen LogP contribution in [-0.4, -0.2) is 50.1 Å². The number of hydrazine groups is 1. The molecular weight excluding hydrogens is 324 g/mol. The Morgan fingerprint density at radius 3 is 2.83 bits per heavy atom. The Morgan fingerprint density at radius 2 is 2.22 bits per heavy atom. The van der Waals surface area contributed by atoms with Crippen LogP contribution in [0.3, 0.4) is 0 Å². The van der Waals surface area contributed by atoms with Crippen LogP contribution in [0.1, 0.15) is 18.9 Å². The number of hydrazone groups is 1. The Bertz CT molecular complexity index is 711. The van der Waals surface area contributed by atoms with Crippen molar-refractivity contribution in [2.45, 2.75) is 20.1 Å². The Hall–Kier alpha value is -2.27. The number of H-pyrrole nitrogens is 1. The first-order valence-electron chi connectivity index (χ1n) is 6.81. The van der Waals surface area contributed by atoms with Crippen molar-refractivity contribution < 1.29 is 9.53 Å². The van der Waals surface area contributed by atoms with Crippen molar-refractivity contribution in [3.8, 4) is 0 Å². The van der Waals surface area contributed by atoms with E-state index < -0.39 is 23.5 Å². The molecule has 2 heterocycles. The largest absolute Gasteiger partial charge is 0.465 e. The minimum absolute atomic E-state index is 0.0279. The molecule has 2 rings (SSSR count). The first-order valence-corrected chi connectivity index (χ1v) is 7.80. The molecule has 23 heavy (non-hydrogen) atoms. The highest BCUT2D eigenvalue weighted by Crippen LogP contribution is 2.24. The number of thioether (sulfide) groups is 1. The van der Waals surface area contributed by atoms with Crippen LogP contribution in [0.4, 0.5) is 0 Å². The molecule has 1 aliphatic heterocycles. The minimum Gasteiger partial charge on any atom is -0.465 e. The first-order chi connectivity index (χ1) is 10.8. The van der Waals surface area contributed by atoms with Crippen molar-refractivity contribution in [3.05, 3.63) is 32.6 Å². The normalized spacial score (nSPS) is 17.4. The number of carbonyl (C=O) groups is 1. The van der Waals surface area contributed by atoms with E-state index in [1.165, 1.54) is 11.1 Å². The quantitative estimate of drug-likeness (QED) is 0.526. The third-order valence-electron chi connectivity index (χ3n) is 3.00. The van der Waals surface area contributed by atoms with Crippen LogP contribution in [-0.2, 0) is 9.53 Å². The number of nitrogens with two attached hydrogens (primary N) is 1. The van der Waals surface area contributed by atoms with Gasteiger partial charge in [0.15, 0.2) is 0 Å². The van der Waals surface area contributed by atoms with E-state index in [4.69, 9.17) is 10.6 Å². The summed E-state index contributed by atoms with van der Waals surface area (Å²) in [6.07, 6.45) is -0.906. The summed E-state index contributed by atoms with van der Waals surface area (Å²) in [5.41, 5.74) is -0.627. The molecular formula is C12H18N6O4S. The molecule has 0 radical (unpaired) electrons. The highest BCUT2D eigenvalue weighted by molar-refractivity contribution is 8.14. The summed E-state index contributed by atoms with van der Waals surface area (Å²) in [5, 5.41) is 7.00. The molecule has 126 valence electrons. The summed E-state index contributed by atoms with van der Waals surface area (Å²) in [6, 6.07) is 1.30. The van der Waals surface area contributed by atoms with E-state index in [-0.39, 0.29) is 12.4 Å². The van der Waals surface area contributed by atoms with Gasteiger partial charge in [-0.15, -0.1) is 5.10 Å². The van der Waals surface area contributed by atoms with Gasteiger partial charge in [0.1, 0.15) is 0 Å². The van der Waals surface area contributed by atoms with Crippen molar-refractivity contribution >= 4 is 22.9 Å². The number of ether oxygens (including phenoxy) is 1. The summed E-state index contributed by atoms with van der Waals surface area (Å²) in [5.74, 6) is 5.59. The Balaban J connectivity index is 2.20. The molecule has 0 bridgehead atoms. The number of aryl methyl sites for hydroxylation is 1. The van der Waals surface area contributed by atoms with Gasteiger partial charge >= 0.3 is 11.7 Å². The molecule has 10 nitrogen and oxygen atoms in total. The molecule has 1 aromatic rings. The lowest BCUT2D eigenvalue weighted by Gasteiger charge is -2.26. The third-order valence-corrected chi connectivity index (χ3v) is 3.93. The molecule has 1 atom stereocenters. The fraction of sp³-hybridized carbons (Fsp3) is 0.500. The van der Waals surface area contributed by atoms with Crippen LogP contribution < -0.4 is 17.1 Å². The van der Waals surface area contributed by atoms with E-state index in [0.29, 0.717) is 10.9 Å². The van der Waals surface area contributed by atoms with Gasteiger partial charge in [0.25, 0.3) is 5.56 Å². The number of nitrogens with zero attached hydrogens (tertiary/aromatic N) is 4. The number of hydrogen-bond donors (Lipinski definition) is 2. The number of esters is 1. The fourth-order valence-electron chi connectivity index (χ4n) is 2.08. The zero-order valence-electron chi connectivity index (χ0n) is 13.0. The van der Waals surface area contributed by atoms with Gasteiger partial charge in [-0.2, -0.15) is 0 Å². The topological polar surface area (TPSA) is 126 Å². The molecule has 0 saturated heterocycles. The molecule has 11 heteroatoms. The molecule has 1 aliphatic rings. The second-order valence-corrected chi connectivity index (χ2v) is 5.71. The van der Waals surface area contributed by atoms with Gasteiger partial charge in [-0.25, -0.2) is 20.2 Å². The monoisotopic (exact) mass is 342 g/mol. The summed E-state index contributed by atoms with van der Waals surface area (Å²) in [6.45, 7) is 3.61. The molecule has 0 spiro atoms. The summed E-state index contributed by atoms with van der Waals surface area (Å²) < 4.78 is 5.78. The maximum atomic E-state index is 12.1. The van der Waals surface area contributed by atoms with Crippen LogP contribution in [0.15, 0.2) is 20.8 Å². The van der Waals surface area contributed by atoms with E-state index >= 15 is 0 Å². The Kier molecular flexibility index (Phi) is 5.11. The number of aromatic nitrogens is 2. The van der Waals surface area contributed by atoms with Crippen molar-refractivity contribution in [2.24, 2.45) is 10.9 Å². The second kappa shape index (κ2) is 6.87. The molecule has 0 saturated carbocycles. The van der Waals surface area contributed by atoms with Crippen LogP contribution >= 0.6 is 11.8 Å². The van der Waals surface area contributed by atoms with Crippen LogP contribution in [0.2, 0.25) is 0 Å². The lowest BCUT2D eigenvalue weighted by molar-refractivity contribution is -0.139. The van der Waals surface area contributed by atoms with E-state index in [0.717, 1.165) is 21.3 Å². The zero-order chi connectivity index (χ0) is 17.1. The fourth-order valence-corrected chi connectivity index (χ4v) is 2.84. The maximum absolute atomic E-state index is 12.1. The maximum Gasteiger partial charge on any atom is 0.331 e. The zero-order valence-corrected chi connectivity index (χ0v) is 13.8. The van der Waals surface area contributed by atoms with E-state index in [2.05, 4.69) is 10.1 Å². The third kappa shape index (κ3) is 3.56. The van der Waals surface area contributed by atoms with Crippen molar-refractivity contribution in [1.82, 2.24) is 19.6 Å². The molecule has 0 amide bonds. The van der Waals surface area contributed by atoms with E-state index in [1.54, 1.807) is 20.9 Å². The molecule has 1 unspecified atom stereocenters. The number of carbonyl (C=O) groups excluding carboxylic acids is 1. The van der Waals surface area contributed by atoms with Gasteiger partial charge < -0.3 is 9.72 Å². The Labute approximate surface area is 135 Å². The molecule has 1 aromatic heterocycles. The first kappa shape index (κ1) is 17.1. The minimum atomic E-state index is -0.906. The average Bonchev–Trinajstić information content (AvgIpc) is 2.72. The van der Waals surface area contributed by atoms with Crippen molar-refractivity contribution in [1.29, 1.82) is 0 Å². The smallest absolute Gasteiger partial charge is 0.331 e. The van der Waals surface area contributed by atoms with Crippen molar-refractivity contribution in [3.63, 3.8) is 0 Å². The van der Waals surface area contributed by atoms with Crippen LogP contribution in [0, 0.1) is 6.92 Å².